The van der Waals surface area contributed by atoms with Crippen LogP contribution in [0, 0.1) is 0 Å². The van der Waals surface area contributed by atoms with Crippen LogP contribution in [0.4, 0.5) is 0 Å². The second kappa shape index (κ2) is 12.7. The first-order valence-corrected chi connectivity index (χ1v) is 13.0. The van der Waals surface area contributed by atoms with Gasteiger partial charge in [-0.3, -0.25) is 9.59 Å². The number of amides is 2. The Labute approximate surface area is 226 Å². The molecule has 0 bridgehead atoms. The van der Waals surface area contributed by atoms with Gasteiger partial charge in [-0.25, -0.2) is 0 Å². The lowest BCUT2D eigenvalue weighted by Gasteiger charge is -2.30. The molecule has 0 N–H and O–H groups in total. The first kappa shape index (κ1) is 28.8. The number of nitrogens with zero attached hydrogens (tertiary/aromatic N) is 2. The van der Waals surface area contributed by atoms with Crippen molar-refractivity contribution < 1.29 is 23.5 Å². The quantitative estimate of drug-likeness (QED) is 0.324. The predicted molar refractivity (Wildman–Crippen MR) is 149 cm³/mol. The van der Waals surface area contributed by atoms with Crippen molar-refractivity contribution >= 4 is 11.8 Å². The highest BCUT2D eigenvalue weighted by Crippen LogP contribution is 2.28. The first-order chi connectivity index (χ1) is 18.0. The topological polar surface area (TPSA) is 72.2 Å². The Bertz CT molecular complexity index is 1190. The smallest absolute Gasteiger partial charge is 0.254 e. The lowest BCUT2D eigenvalue weighted by atomic mass is 9.86. The van der Waals surface area contributed by atoms with Gasteiger partial charge in [0.15, 0.2) is 11.5 Å². The van der Waals surface area contributed by atoms with Crippen molar-refractivity contribution in [3.8, 4) is 11.5 Å². The van der Waals surface area contributed by atoms with Crippen LogP contribution in [0.15, 0.2) is 65.3 Å². The van der Waals surface area contributed by atoms with Crippen molar-refractivity contribution in [1.29, 1.82) is 0 Å². The molecule has 0 saturated carbocycles. The third-order valence-electron chi connectivity index (χ3n) is 6.59. The van der Waals surface area contributed by atoms with E-state index in [0.29, 0.717) is 42.3 Å². The molecule has 1 aromatic heterocycles. The molecule has 3 aromatic rings. The van der Waals surface area contributed by atoms with Crippen LogP contribution in [-0.2, 0) is 23.2 Å². The van der Waals surface area contributed by atoms with Gasteiger partial charge in [0, 0.05) is 18.2 Å². The SMILES string of the molecule is COc1ccc(CCN(Cc2ccco2)C(=O)CN(C(=O)c2ccc(C(C)(C)C)cc2)C(C)C)cc1OC. The fourth-order valence-electron chi connectivity index (χ4n) is 4.20. The fourth-order valence-corrected chi connectivity index (χ4v) is 4.20. The van der Waals surface area contributed by atoms with Gasteiger partial charge in [0.2, 0.25) is 5.91 Å². The molecule has 1 heterocycles. The lowest BCUT2D eigenvalue weighted by molar-refractivity contribution is -0.133. The lowest BCUT2D eigenvalue weighted by Crippen LogP contribution is -2.46. The van der Waals surface area contributed by atoms with Crippen LogP contribution in [0.1, 0.15) is 61.9 Å². The molecule has 0 saturated heterocycles. The molecule has 2 amide bonds. The van der Waals surface area contributed by atoms with E-state index in [1.807, 2.05) is 62.4 Å². The highest BCUT2D eigenvalue weighted by atomic mass is 16.5. The Morgan fingerprint density at radius 1 is 0.947 bits per heavy atom. The minimum absolute atomic E-state index is 0.00443. The minimum atomic E-state index is -0.161. The highest BCUT2D eigenvalue weighted by molar-refractivity contribution is 5.96. The summed E-state index contributed by atoms with van der Waals surface area (Å²) in [5.74, 6) is 1.68. The Hall–Kier alpha value is -3.74. The van der Waals surface area contributed by atoms with Crippen LogP contribution >= 0.6 is 0 Å². The summed E-state index contributed by atoms with van der Waals surface area (Å²) < 4.78 is 16.3. The second-order valence-corrected chi connectivity index (χ2v) is 10.7. The number of furan rings is 1. The van der Waals surface area contributed by atoms with E-state index in [2.05, 4.69) is 20.8 Å². The van der Waals surface area contributed by atoms with Crippen LogP contribution in [0.5, 0.6) is 11.5 Å². The number of carbonyl (C=O) groups is 2. The van der Waals surface area contributed by atoms with Crippen LogP contribution in [0.3, 0.4) is 0 Å². The van der Waals surface area contributed by atoms with Crippen LogP contribution in [0.2, 0.25) is 0 Å². The monoisotopic (exact) mass is 520 g/mol. The third-order valence-corrected chi connectivity index (χ3v) is 6.59. The number of hydrogen-bond donors (Lipinski definition) is 0. The average molecular weight is 521 g/mol. The Morgan fingerprint density at radius 3 is 2.18 bits per heavy atom. The van der Waals surface area contributed by atoms with Crippen LogP contribution in [-0.4, -0.2) is 55.0 Å². The molecule has 0 aliphatic carbocycles. The molecule has 0 fully saturated rings. The molecule has 204 valence electrons. The molecule has 7 nitrogen and oxygen atoms in total. The normalized spacial score (nSPS) is 11.4. The zero-order valence-electron chi connectivity index (χ0n) is 23.6. The molecule has 0 unspecified atom stereocenters. The largest absolute Gasteiger partial charge is 0.493 e. The van der Waals surface area contributed by atoms with E-state index in [1.54, 1.807) is 36.3 Å². The highest BCUT2D eigenvalue weighted by Gasteiger charge is 2.25. The molecule has 38 heavy (non-hydrogen) atoms. The molecule has 3 rings (SSSR count). The summed E-state index contributed by atoms with van der Waals surface area (Å²) in [5, 5.41) is 0. The van der Waals surface area contributed by atoms with Gasteiger partial charge < -0.3 is 23.7 Å². The van der Waals surface area contributed by atoms with Gasteiger partial charge in [-0.2, -0.15) is 0 Å². The van der Waals surface area contributed by atoms with Gasteiger partial charge in [-0.1, -0.05) is 39.0 Å². The van der Waals surface area contributed by atoms with Crippen LogP contribution < -0.4 is 9.47 Å². The predicted octanol–water partition coefficient (Wildman–Crippen LogP) is 5.72. The summed E-state index contributed by atoms with van der Waals surface area (Å²) in [6.07, 6.45) is 2.20. The number of rotatable bonds is 11. The third kappa shape index (κ3) is 7.40. The maximum absolute atomic E-state index is 13.6. The van der Waals surface area contributed by atoms with E-state index in [-0.39, 0.29) is 29.8 Å². The molecule has 0 aliphatic heterocycles. The van der Waals surface area contributed by atoms with Gasteiger partial charge in [0.05, 0.1) is 27.0 Å². The summed E-state index contributed by atoms with van der Waals surface area (Å²) >= 11 is 0. The van der Waals surface area contributed by atoms with E-state index in [9.17, 15) is 9.59 Å². The van der Waals surface area contributed by atoms with Crippen molar-refractivity contribution in [2.45, 2.75) is 59.0 Å². The van der Waals surface area contributed by atoms with E-state index in [0.717, 1.165) is 11.1 Å². The molecule has 7 heteroatoms. The molecular formula is C31H40N2O5. The Kier molecular flexibility index (Phi) is 9.61. The van der Waals surface area contributed by atoms with E-state index in [4.69, 9.17) is 13.9 Å². The summed E-state index contributed by atoms with van der Waals surface area (Å²) in [7, 11) is 3.20. The average Bonchev–Trinajstić information content (AvgIpc) is 3.41. The van der Waals surface area contributed by atoms with Crippen molar-refractivity contribution in [1.82, 2.24) is 9.80 Å². The molecular weight excluding hydrogens is 480 g/mol. The minimum Gasteiger partial charge on any atom is -0.493 e. The second-order valence-electron chi connectivity index (χ2n) is 10.7. The number of carbonyl (C=O) groups excluding carboxylic acids is 2. The zero-order chi connectivity index (χ0) is 27.9. The summed E-state index contributed by atoms with van der Waals surface area (Å²) in [6.45, 7) is 11.0. The first-order valence-electron chi connectivity index (χ1n) is 13.0. The van der Waals surface area contributed by atoms with Gasteiger partial charge in [-0.15, -0.1) is 0 Å². The number of benzene rings is 2. The summed E-state index contributed by atoms with van der Waals surface area (Å²) in [5.41, 5.74) is 2.73. The van der Waals surface area contributed by atoms with Gasteiger partial charge in [0.25, 0.3) is 5.91 Å². The van der Waals surface area contributed by atoms with Crippen molar-refractivity contribution in [3.63, 3.8) is 0 Å². The number of hydrogen-bond acceptors (Lipinski definition) is 5. The Morgan fingerprint density at radius 2 is 1.63 bits per heavy atom. The summed E-state index contributed by atoms with van der Waals surface area (Å²) in [6, 6.07) is 16.9. The van der Waals surface area contributed by atoms with E-state index < -0.39 is 0 Å². The van der Waals surface area contributed by atoms with E-state index >= 15 is 0 Å². The van der Waals surface area contributed by atoms with Crippen molar-refractivity contribution in [2.75, 3.05) is 27.3 Å². The zero-order valence-corrected chi connectivity index (χ0v) is 23.6. The molecule has 0 aliphatic rings. The maximum Gasteiger partial charge on any atom is 0.254 e. The van der Waals surface area contributed by atoms with Crippen LogP contribution in [0.25, 0.3) is 0 Å². The van der Waals surface area contributed by atoms with E-state index in [1.165, 1.54) is 0 Å². The van der Waals surface area contributed by atoms with Crippen molar-refractivity contribution in [3.05, 3.63) is 83.3 Å². The van der Waals surface area contributed by atoms with Gasteiger partial charge >= 0.3 is 0 Å². The number of methoxy groups -OCH3 is 2. The van der Waals surface area contributed by atoms with Gasteiger partial charge in [-0.05, 0) is 73.2 Å². The number of ether oxygens (including phenoxy) is 2. The Balaban J connectivity index is 1.77. The van der Waals surface area contributed by atoms with Crippen molar-refractivity contribution in [2.24, 2.45) is 0 Å². The standard InChI is InChI=1S/C31H40N2O5/c1-22(2)33(30(35)24-11-13-25(14-12-24)31(3,4)5)21-29(34)32(20-26-9-8-18-38-26)17-16-23-10-15-27(36-6)28(19-23)37-7/h8-15,18-19,22H,16-17,20-21H2,1-7H3. The van der Waals surface area contributed by atoms with Gasteiger partial charge in [0.1, 0.15) is 12.3 Å². The molecule has 0 atom stereocenters. The maximum atomic E-state index is 13.6. The molecule has 0 radical (unpaired) electrons. The fraction of sp³-hybridized carbons (Fsp3) is 0.419. The molecule has 2 aromatic carbocycles. The molecule has 0 spiro atoms. The summed E-state index contributed by atoms with van der Waals surface area (Å²) in [4.78, 5) is 30.4.